The number of nitrogens with one attached hydrogen (secondary N) is 2. The van der Waals surface area contributed by atoms with E-state index in [0.717, 1.165) is 12.5 Å². The summed E-state index contributed by atoms with van der Waals surface area (Å²) in [5, 5.41) is 11.3. The highest BCUT2D eigenvalue weighted by atomic mass is 16.4. The van der Waals surface area contributed by atoms with E-state index in [0.29, 0.717) is 0 Å². The van der Waals surface area contributed by atoms with Crippen LogP contribution in [0.25, 0.3) is 23.3 Å². The molecule has 2 aromatic carbocycles. The zero-order chi connectivity index (χ0) is 20.4. The van der Waals surface area contributed by atoms with E-state index in [1.54, 1.807) is 0 Å². The molecule has 6 heteroatoms. The van der Waals surface area contributed by atoms with Crippen molar-refractivity contribution in [1.82, 2.24) is 9.97 Å². The molecule has 0 bridgehead atoms. The standard InChI is InChI=1S/C18H16.C5H4N2O4/c1-3-7-15-13(5-1)9-11-18-16-8-4-2-6-14(16)10-12-17(15)18;8-3-1-2(4(9)10)6-5(11)7-3/h1,3,5,7-8,10-12H,2,4,6,9H2;1H,(H,9,10)(H2,6,7,8,11). The van der Waals surface area contributed by atoms with Gasteiger partial charge in [-0.3, -0.25) is 9.78 Å². The molecule has 2 aliphatic carbocycles. The van der Waals surface area contributed by atoms with Gasteiger partial charge >= 0.3 is 11.7 Å². The summed E-state index contributed by atoms with van der Waals surface area (Å²) in [6.45, 7) is 0. The van der Waals surface area contributed by atoms with Gasteiger partial charge in [0.15, 0.2) is 0 Å². The van der Waals surface area contributed by atoms with Crippen LogP contribution in [0, 0.1) is 0 Å². The molecule has 0 amide bonds. The number of H-pyrrole nitrogens is 2. The minimum absolute atomic E-state index is 0.418. The Hall–Kier alpha value is -3.67. The van der Waals surface area contributed by atoms with Crippen LogP contribution in [-0.4, -0.2) is 21.0 Å². The van der Waals surface area contributed by atoms with Gasteiger partial charge in [0.25, 0.3) is 5.56 Å². The van der Waals surface area contributed by atoms with Gasteiger partial charge in [-0.05, 0) is 58.4 Å². The average Bonchev–Trinajstić information content (AvgIpc) is 2.73. The molecule has 3 N–H and O–H groups in total. The van der Waals surface area contributed by atoms with Gasteiger partial charge in [0.1, 0.15) is 5.69 Å². The van der Waals surface area contributed by atoms with Gasteiger partial charge in [0, 0.05) is 6.07 Å². The van der Waals surface area contributed by atoms with Crippen LogP contribution >= 0.6 is 0 Å². The maximum atomic E-state index is 10.5. The third kappa shape index (κ3) is 3.82. The second-order valence-corrected chi connectivity index (χ2v) is 7.07. The number of hydrogen-bond donors (Lipinski definition) is 3. The number of carboxylic acids is 1. The van der Waals surface area contributed by atoms with Crippen molar-refractivity contribution in [3.63, 3.8) is 0 Å². The predicted octanol–water partition coefficient (Wildman–Crippen LogP) is 1.57. The summed E-state index contributed by atoms with van der Waals surface area (Å²) in [5.74, 6) is -1.34. The van der Waals surface area contributed by atoms with Crippen molar-refractivity contribution >= 4 is 18.1 Å². The molecule has 0 atom stereocenters. The molecule has 146 valence electrons. The second-order valence-electron chi connectivity index (χ2n) is 7.07. The van der Waals surface area contributed by atoms with Crippen LogP contribution in [0.3, 0.4) is 0 Å². The molecule has 0 unspecified atom stereocenters. The fraction of sp³-hybridized carbons (Fsp3) is 0.174. The lowest BCUT2D eigenvalue weighted by Gasteiger charge is -2.17. The Labute approximate surface area is 165 Å². The van der Waals surface area contributed by atoms with Crippen LogP contribution in [0.15, 0.2) is 52.1 Å². The molecule has 1 heterocycles. The lowest BCUT2D eigenvalue weighted by molar-refractivity contribution is 0.0689. The Morgan fingerprint density at radius 1 is 0.897 bits per heavy atom. The highest BCUT2D eigenvalue weighted by Crippen LogP contribution is 2.24. The van der Waals surface area contributed by atoms with Crippen molar-refractivity contribution in [2.24, 2.45) is 0 Å². The fourth-order valence-corrected chi connectivity index (χ4v) is 3.89. The van der Waals surface area contributed by atoms with Crippen molar-refractivity contribution in [1.29, 1.82) is 0 Å². The molecular formula is C23H20N2O4. The lowest BCUT2D eigenvalue weighted by Crippen LogP contribution is -2.33. The van der Waals surface area contributed by atoms with E-state index in [-0.39, 0.29) is 0 Å². The molecule has 0 radical (unpaired) electrons. The molecule has 6 nitrogen and oxygen atoms in total. The predicted molar refractivity (Wildman–Crippen MR) is 111 cm³/mol. The summed E-state index contributed by atoms with van der Waals surface area (Å²) < 4.78 is 0. The van der Waals surface area contributed by atoms with E-state index in [4.69, 9.17) is 5.11 Å². The Balaban J connectivity index is 0.000000161. The Morgan fingerprint density at radius 3 is 2.52 bits per heavy atom. The molecule has 0 aliphatic heterocycles. The first-order valence-electron chi connectivity index (χ1n) is 9.50. The molecule has 1 aromatic heterocycles. The number of benzene rings is 2. The smallest absolute Gasteiger partial charge is 0.352 e. The van der Waals surface area contributed by atoms with E-state index in [9.17, 15) is 14.4 Å². The van der Waals surface area contributed by atoms with Crippen LogP contribution in [0.4, 0.5) is 0 Å². The maximum absolute atomic E-state index is 10.5. The molecular weight excluding hydrogens is 368 g/mol. The van der Waals surface area contributed by atoms with Crippen LogP contribution in [0.2, 0.25) is 0 Å². The Kier molecular flexibility index (Phi) is 4.99. The monoisotopic (exact) mass is 388 g/mol. The van der Waals surface area contributed by atoms with E-state index >= 15 is 0 Å². The largest absolute Gasteiger partial charge is 0.477 e. The van der Waals surface area contributed by atoms with Crippen molar-refractivity contribution in [2.45, 2.75) is 25.7 Å². The van der Waals surface area contributed by atoms with E-state index in [1.165, 1.54) is 52.0 Å². The van der Waals surface area contributed by atoms with Crippen LogP contribution in [0.1, 0.15) is 34.5 Å². The van der Waals surface area contributed by atoms with Crippen LogP contribution < -0.4 is 21.7 Å². The highest BCUT2D eigenvalue weighted by Gasteiger charge is 2.13. The topological polar surface area (TPSA) is 103 Å². The number of rotatable bonds is 1. The summed E-state index contributed by atoms with van der Waals surface area (Å²) >= 11 is 0. The van der Waals surface area contributed by atoms with Crippen LogP contribution in [-0.2, 0) is 12.8 Å². The molecule has 0 saturated carbocycles. The number of aromatic nitrogens is 2. The normalized spacial score (nSPS) is 13.4. The lowest BCUT2D eigenvalue weighted by atomic mass is 9.87. The molecule has 0 spiro atoms. The average molecular weight is 388 g/mol. The van der Waals surface area contributed by atoms with Crippen molar-refractivity contribution in [3.8, 4) is 11.1 Å². The first-order valence-corrected chi connectivity index (χ1v) is 9.50. The van der Waals surface area contributed by atoms with Crippen molar-refractivity contribution in [3.05, 3.63) is 90.6 Å². The quantitative estimate of drug-likeness (QED) is 0.589. The number of aromatic carboxylic acids is 1. The summed E-state index contributed by atoms with van der Waals surface area (Å²) in [5.41, 5.74) is 3.88. The molecule has 0 saturated heterocycles. The van der Waals surface area contributed by atoms with Gasteiger partial charge in [0.05, 0.1) is 0 Å². The van der Waals surface area contributed by atoms with Gasteiger partial charge in [-0.1, -0.05) is 48.6 Å². The van der Waals surface area contributed by atoms with Gasteiger partial charge < -0.3 is 10.1 Å². The summed E-state index contributed by atoms with van der Waals surface area (Å²) in [6.07, 6.45) is 9.71. The zero-order valence-corrected chi connectivity index (χ0v) is 15.7. The molecule has 2 aliphatic rings. The Morgan fingerprint density at radius 2 is 1.72 bits per heavy atom. The molecule has 29 heavy (non-hydrogen) atoms. The Bertz CT molecular complexity index is 1300. The minimum Gasteiger partial charge on any atom is -0.477 e. The SMILES string of the molecule is C1=c2c(ccc3c2=CCc2ccccc2-3)CCC1.O=C(O)c1cc(=O)[nH]c(=O)[nH]1. The number of carbonyl (C=O) groups is 1. The minimum atomic E-state index is -1.34. The molecule has 3 aromatic rings. The summed E-state index contributed by atoms with van der Waals surface area (Å²) in [4.78, 5) is 34.9. The molecule has 0 fully saturated rings. The maximum Gasteiger partial charge on any atom is 0.352 e. The number of carboxylic acid groups (broad SMARTS) is 1. The first kappa shape index (κ1) is 18.7. The number of fused-ring (bicyclic) bond motifs is 5. The number of aryl methyl sites for hydroxylation is 1. The molecule has 5 rings (SSSR count). The summed E-state index contributed by atoms with van der Waals surface area (Å²) in [6, 6.07) is 14.2. The fourth-order valence-electron chi connectivity index (χ4n) is 3.89. The summed E-state index contributed by atoms with van der Waals surface area (Å²) in [7, 11) is 0. The van der Waals surface area contributed by atoms with Crippen molar-refractivity contribution in [2.75, 3.05) is 0 Å². The highest BCUT2D eigenvalue weighted by molar-refractivity contribution is 5.84. The van der Waals surface area contributed by atoms with Crippen molar-refractivity contribution < 1.29 is 9.90 Å². The first-order chi connectivity index (χ1) is 14.0. The zero-order valence-electron chi connectivity index (χ0n) is 15.7. The second kappa shape index (κ2) is 7.75. The third-order valence-electron chi connectivity index (χ3n) is 5.20. The van der Waals surface area contributed by atoms with E-state index in [1.807, 2.05) is 9.97 Å². The van der Waals surface area contributed by atoms with Gasteiger partial charge in [-0.25, -0.2) is 9.59 Å². The number of hydrogen-bond acceptors (Lipinski definition) is 3. The van der Waals surface area contributed by atoms with Gasteiger partial charge in [-0.2, -0.15) is 0 Å². The van der Waals surface area contributed by atoms with Gasteiger partial charge in [0.2, 0.25) is 0 Å². The van der Waals surface area contributed by atoms with Crippen LogP contribution in [0.5, 0.6) is 0 Å². The number of aromatic amines is 2. The van der Waals surface area contributed by atoms with Gasteiger partial charge in [-0.15, -0.1) is 0 Å². The van der Waals surface area contributed by atoms with E-state index < -0.39 is 22.9 Å². The third-order valence-corrected chi connectivity index (χ3v) is 5.20. The van der Waals surface area contributed by atoms with E-state index in [2.05, 4.69) is 48.6 Å².